The Morgan fingerprint density at radius 1 is 1.40 bits per heavy atom. The van der Waals surface area contributed by atoms with Gasteiger partial charge in [-0.2, -0.15) is 0 Å². The van der Waals surface area contributed by atoms with Gasteiger partial charge in [-0.1, -0.05) is 25.4 Å². The zero-order valence-electron chi connectivity index (χ0n) is 12.4. The minimum absolute atomic E-state index is 0.375. The molecule has 0 aromatic heterocycles. The van der Waals surface area contributed by atoms with Crippen molar-refractivity contribution in [3.63, 3.8) is 0 Å². The van der Waals surface area contributed by atoms with Gasteiger partial charge in [-0.3, -0.25) is 4.99 Å². The Balaban J connectivity index is 2.13. The van der Waals surface area contributed by atoms with E-state index in [0.29, 0.717) is 11.8 Å². The highest BCUT2D eigenvalue weighted by Gasteiger charge is 2.31. The van der Waals surface area contributed by atoms with E-state index in [-0.39, 0.29) is 0 Å². The fraction of sp³-hybridized carbons (Fsp3) is 0.562. The number of hydrogen-bond acceptors (Lipinski definition) is 3. The van der Waals surface area contributed by atoms with Crippen LogP contribution in [0.2, 0.25) is 5.02 Å². The summed E-state index contributed by atoms with van der Waals surface area (Å²) in [7, 11) is 2.18. The fourth-order valence-electron chi connectivity index (χ4n) is 3.31. The molecule has 0 amide bonds. The van der Waals surface area contributed by atoms with Gasteiger partial charge in [0.2, 0.25) is 0 Å². The first-order valence-corrected chi connectivity index (χ1v) is 7.78. The molecule has 1 aromatic rings. The predicted molar refractivity (Wildman–Crippen MR) is 86.5 cm³/mol. The third-order valence-corrected chi connectivity index (χ3v) is 4.51. The summed E-state index contributed by atoms with van der Waals surface area (Å²) in [6.45, 7) is 7.40. The van der Waals surface area contributed by atoms with Crippen LogP contribution >= 0.6 is 11.6 Å². The van der Waals surface area contributed by atoms with Gasteiger partial charge in [-0.25, -0.2) is 0 Å². The molecular weight excluding hydrogens is 270 g/mol. The van der Waals surface area contributed by atoms with Crippen LogP contribution in [-0.2, 0) is 0 Å². The Morgan fingerprint density at radius 3 is 2.85 bits per heavy atom. The summed E-state index contributed by atoms with van der Waals surface area (Å²) in [6, 6.07) is 4.25. The monoisotopic (exact) mass is 291 g/mol. The lowest BCUT2D eigenvalue weighted by Crippen LogP contribution is -2.35. The van der Waals surface area contributed by atoms with Gasteiger partial charge in [-0.05, 0) is 35.6 Å². The number of amidine groups is 1. The third kappa shape index (κ3) is 2.28. The standard InChI is InChI=1S/C16H22ClN3/c1-10(2)13-8-11(17)9-14-12(16-18-5-6-19-16)4-7-20(3)15(13)14/h8-10,12H,4-7H2,1-3H3,(H,18,19). The van der Waals surface area contributed by atoms with Crippen molar-refractivity contribution < 1.29 is 0 Å². The molecule has 2 aliphatic heterocycles. The normalized spacial score (nSPS) is 21.8. The second kappa shape index (κ2) is 5.28. The number of halogens is 1. The van der Waals surface area contributed by atoms with Crippen LogP contribution in [0.1, 0.15) is 43.2 Å². The number of benzene rings is 1. The molecule has 108 valence electrons. The number of nitrogens with zero attached hydrogens (tertiary/aromatic N) is 2. The third-order valence-electron chi connectivity index (χ3n) is 4.30. The van der Waals surface area contributed by atoms with Crippen LogP contribution in [0.5, 0.6) is 0 Å². The number of aliphatic imine (C=N–C) groups is 1. The molecule has 0 fully saturated rings. The summed E-state index contributed by atoms with van der Waals surface area (Å²) < 4.78 is 0. The lowest BCUT2D eigenvalue weighted by Gasteiger charge is -2.36. The van der Waals surface area contributed by atoms with E-state index in [1.165, 1.54) is 16.8 Å². The van der Waals surface area contributed by atoms with Gasteiger partial charge in [0.05, 0.1) is 6.54 Å². The van der Waals surface area contributed by atoms with Gasteiger partial charge in [0.1, 0.15) is 5.84 Å². The number of rotatable bonds is 2. The van der Waals surface area contributed by atoms with Crippen LogP contribution < -0.4 is 10.2 Å². The van der Waals surface area contributed by atoms with Crippen molar-refractivity contribution in [2.75, 3.05) is 31.6 Å². The number of nitrogens with one attached hydrogen (secondary N) is 1. The van der Waals surface area contributed by atoms with Crippen LogP contribution in [0.4, 0.5) is 5.69 Å². The smallest absolute Gasteiger partial charge is 0.104 e. The topological polar surface area (TPSA) is 27.6 Å². The molecule has 1 unspecified atom stereocenters. The summed E-state index contributed by atoms with van der Waals surface area (Å²) >= 11 is 6.37. The van der Waals surface area contributed by atoms with Crippen LogP contribution in [0.25, 0.3) is 0 Å². The highest BCUT2D eigenvalue weighted by molar-refractivity contribution is 6.31. The molecule has 2 heterocycles. The Bertz CT molecular complexity index is 551. The van der Waals surface area contributed by atoms with Crippen molar-refractivity contribution in [2.45, 2.75) is 32.1 Å². The summed E-state index contributed by atoms with van der Waals surface area (Å²) in [6.07, 6.45) is 1.10. The van der Waals surface area contributed by atoms with Crippen LogP contribution in [0.3, 0.4) is 0 Å². The first-order valence-electron chi connectivity index (χ1n) is 7.40. The predicted octanol–water partition coefficient (Wildman–Crippen LogP) is 3.39. The van der Waals surface area contributed by atoms with E-state index in [2.05, 4.69) is 48.2 Å². The highest BCUT2D eigenvalue weighted by atomic mass is 35.5. The van der Waals surface area contributed by atoms with E-state index < -0.39 is 0 Å². The molecule has 0 saturated carbocycles. The van der Waals surface area contributed by atoms with Gasteiger partial charge in [0.25, 0.3) is 0 Å². The van der Waals surface area contributed by atoms with E-state index in [1.54, 1.807) is 0 Å². The molecule has 1 atom stereocenters. The highest BCUT2D eigenvalue weighted by Crippen LogP contribution is 2.42. The zero-order chi connectivity index (χ0) is 14.3. The molecule has 20 heavy (non-hydrogen) atoms. The quantitative estimate of drug-likeness (QED) is 0.904. The van der Waals surface area contributed by atoms with Gasteiger partial charge >= 0.3 is 0 Å². The Labute approximate surface area is 126 Å². The molecule has 0 spiro atoms. The Morgan fingerprint density at radius 2 is 2.20 bits per heavy atom. The molecule has 3 rings (SSSR count). The maximum Gasteiger partial charge on any atom is 0.104 e. The van der Waals surface area contributed by atoms with Crippen molar-refractivity contribution >= 4 is 23.1 Å². The van der Waals surface area contributed by atoms with Crippen LogP contribution in [0, 0.1) is 0 Å². The minimum atomic E-state index is 0.375. The summed E-state index contributed by atoms with van der Waals surface area (Å²) in [5.41, 5.74) is 4.04. The lowest BCUT2D eigenvalue weighted by atomic mass is 9.85. The van der Waals surface area contributed by atoms with E-state index in [0.717, 1.165) is 36.9 Å². The molecule has 0 saturated heterocycles. The fourth-order valence-corrected chi connectivity index (χ4v) is 3.55. The van der Waals surface area contributed by atoms with Gasteiger partial charge in [0, 0.05) is 36.8 Å². The lowest BCUT2D eigenvalue weighted by molar-refractivity contribution is 0.684. The molecule has 0 bridgehead atoms. The minimum Gasteiger partial charge on any atom is -0.374 e. The molecule has 1 N–H and O–H groups in total. The zero-order valence-corrected chi connectivity index (χ0v) is 13.2. The van der Waals surface area contributed by atoms with E-state index >= 15 is 0 Å². The van der Waals surface area contributed by atoms with E-state index in [1.807, 2.05) is 0 Å². The molecular formula is C16H22ClN3. The van der Waals surface area contributed by atoms with Gasteiger partial charge < -0.3 is 10.2 Å². The van der Waals surface area contributed by atoms with Gasteiger partial charge in [-0.15, -0.1) is 0 Å². The molecule has 4 heteroatoms. The van der Waals surface area contributed by atoms with Crippen LogP contribution in [-0.4, -0.2) is 32.5 Å². The molecule has 2 aliphatic rings. The number of anilines is 1. The maximum atomic E-state index is 6.37. The van der Waals surface area contributed by atoms with E-state index in [9.17, 15) is 0 Å². The molecule has 1 aromatic carbocycles. The largest absolute Gasteiger partial charge is 0.374 e. The van der Waals surface area contributed by atoms with E-state index in [4.69, 9.17) is 11.6 Å². The SMILES string of the molecule is CC(C)c1cc(Cl)cc2c1N(C)CCC2C1=NCCN1. The van der Waals surface area contributed by atoms with Crippen molar-refractivity contribution in [2.24, 2.45) is 4.99 Å². The second-order valence-corrected chi connectivity index (χ2v) is 6.48. The summed E-state index contributed by atoms with van der Waals surface area (Å²) in [5.74, 6) is 2.00. The van der Waals surface area contributed by atoms with Gasteiger partial charge in [0.15, 0.2) is 0 Å². The first-order chi connectivity index (χ1) is 9.58. The first kappa shape index (κ1) is 13.7. The van der Waals surface area contributed by atoms with Crippen molar-refractivity contribution in [1.29, 1.82) is 0 Å². The Hall–Kier alpha value is -1.22. The molecule has 0 aliphatic carbocycles. The van der Waals surface area contributed by atoms with Crippen molar-refractivity contribution in [3.8, 4) is 0 Å². The van der Waals surface area contributed by atoms with Crippen molar-refractivity contribution in [1.82, 2.24) is 5.32 Å². The molecule has 0 radical (unpaired) electrons. The number of fused-ring (bicyclic) bond motifs is 1. The molecule has 3 nitrogen and oxygen atoms in total. The maximum absolute atomic E-state index is 6.37. The summed E-state index contributed by atoms with van der Waals surface area (Å²) in [5, 5.41) is 4.28. The van der Waals surface area contributed by atoms with Crippen LogP contribution in [0.15, 0.2) is 17.1 Å². The second-order valence-electron chi connectivity index (χ2n) is 6.04. The average molecular weight is 292 g/mol. The van der Waals surface area contributed by atoms with Crippen molar-refractivity contribution in [3.05, 3.63) is 28.3 Å². The Kier molecular flexibility index (Phi) is 3.63. The number of hydrogen-bond donors (Lipinski definition) is 1. The average Bonchev–Trinajstić information content (AvgIpc) is 2.91. The summed E-state index contributed by atoms with van der Waals surface area (Å²) in [4.78, 5) is 7.00.